The average molecular weight is 203 g/mol. The first-order chi connectivity index (χ1) is 7.08. The molecule has 0 unspecified atom stereocenters. The molecular weight excluding hydrogens is 186 g/mol. The van der Waals surface area contributed by atoms with Crippen LogP contribution in [0, 0.1) is 13.8 Å². The Hall–Kier alpha value is -1.44. The van der Waals surface area contributed by atoms with E-state index in [1.807, 2.05) is 19.9 Å². The third-order valence-corrected chi connectivity index (χ3v) is 2.65. The molecule has 0 aliphatic rings. The molecule has 0 saturated heterocycles. The third-order valence-electron chi connectivity index (χ3n) is 2.65. The van der Waals surface area contributed by atoms with E-state index in [4.69, 9.17) is 4.74 Å². The second kappa shape index (κ2) is 3.61. The molecule has 0 radical (unpaired) electrons. The minimum Gasteiger partial charge on any atom is -0.491 e. The zero-order valence-corrected chi connectivity index (χ0v) is 9.72. The Morgan fingerprint density at radius 2 is 1.93 bits per heavy atom. The van der Waals surface area contributed by atoms with Crippen LogP contribution in [0.25, 0.3) is 10.9 Å². The number of benzene rings is 1. The van der Waals surface area contributed by atoms with Crippen LogP contribution in [0.2, 0.25) is 0 Å². The number of hydrogen-bond donors (Lipinski definition) is 1. The van der Waals surface area contributed by atoms with Crippen molar-refractivity contribution in [3.8, 4) is 5.75 Å². The number of hydrogen-bond acceptors (Lipinski definition) is 1. The van der Waals surface area contributed by atoms with Gasteiger partial charge in [0.05, 0.1) is 6.10 Å². The molecule has 1 N–H and O–H groups in total. The summed E-state index contributed by atoms with van der Waals surface area (Å²) in [6.45, 7) is 8.31. The van der Waals surface area contributed by atoms with Crippen LogP contribution in [0.5, 0.6) is 5.75 Å². The second-order valence-corrected chi connectivity index (χ2v) is 4.25. The highest BCUT2D eigenvalue weighted by molar-refractivity contribution is 5.85. The number of fused-ring (bicyclic) bond motifs is 1. The quantitative estimate of drug-likeness (QED) is 0.793. The van der Waals surface area contributed by atoms with Gasteiger partial charge in [-0.05, 0) is 51.5 Å². The lowest BCUT2D eigenvalue weighted by molar-refractivity contribution is 0.243. The number of aromatic amines is 1. The Balaban J connectivity index is 2.49. The van der Waals surface area contributed by atoms with Crippen LogP contribution in [0.3, 0.4) is 0 Å². The van der Waals surface area contributed by atoms with Gasteiger partial charge in [0.15, 0.2) is 0 Å². The van der Waals surface area contributed by atoms with Crippen LogP contribution >= 0.6 is 0 Å². The Morgan fingerprint density at radius 1 is 1.20 bits per heavy atom. The van der Waals surface area contributed by atoms with Crippen molar-refractivity contribution in [2.45, 2.75) is 33.8 Å². The van der Waals surface area contributed by atoms with Gasteiger partial charge in [-0.1, -0.05) is 0 Å². The molecule has 0 amide bonds. The highest BCUT2D eigenvalue weighted by atomic mass is 16.5. The largest absolute Gasteiger partial charge is 0.491 e. The van der Waals surface area contributed by atoms with E-state index >= 15 is 0 Å². The summed E-state index contributed by atoms with van der Waals surface area (Å²) in [6, 6.07) is 6.19. The van der Waals surface area contributed by atoms with E-state index in [-0.39, 0.29) is 6.10 Å². The first-order valence-electron chi connectivity index (χ1n) is 5.33. The van der Waals surface area contributed by atoms with E-state index < -0.39 is 0 Å². The van der Waals surface area contributed by atoms with Gasteiger partial charge in [0, 0.05) is 16.6 Å². The summed E-state index contributed by atoms with van der Waals surface area (Å²) in [6.07, 6.45) is 0.225. The molecular formula is C13H17NO. The number of aryl methyl sites for hydroxylation is 2. The molecule has 80 valence electrons. The molecule has 1 heterocycles. The fourth-order valence-electron chi connectivity index (χ4n) is 1.79. The fourth-order valence-corrected chi connectivity index (χ4v) is 1.79. The summed E-state index contributed by atoms with van der Waals surface area (Å²) in [5.41, 5.74) is 3.71. The topological polar surface area (TPSA) is 25.0 Å². The smallest absolute Gasteiger partial charge is 0.120 e. The van der Waals surface area contributed by atoms with Crippen LogP contribution < -0.4 is 4.74 Å². The number of rotatable bonds is 2. The minimum atomic E-state index is 0.225. The SMILES string of the molecule is Cc1[nH]c2ccc(OC(C)C)cc2c1C. The van der Waals surface area contributed by atoms with Gasteiger partial charge < -0.3 is 9.72 Å². The maximum absolute atomic E-state index is 5.67. The molecule has 2 rings (SSSR count). The molecule has 1 aromatic heterocycles. The first-order valence-corrected chi connectivity index (χ1v) is 5.33. The third kappa shape index (κ3) is 1.84. The lowest BCUT2D eigenvalue weighted by atomic mass is 10.1. The summed E-state index contributed by atoms with van der Waals surface area (Å²) in [4.78, 5) is 3.35. The summed E-state index contributed by atoms with van der Waals surface area (Å²) in [5.74, 6) is 0.944. The highest BCUT2D eigenvalue weighted by Crippen LogP contribution is 2.25. The standard InChI is InChI=1S/C13H17NO/c1-8(2)15-11-5-6-13-12(7-11)9(3)10(4)14-13/h5-8,14H,1-4H3. The van der Waals surface area contributed by atoms with Crippen molar-refractivity contribution in [2.75, 3.05) is 0 Å². The van der Waals surface area contributed by atoms with E-state index in [1.54, 1.807) is 0 Å². The van der Waals surface area contributed by atoms with Gasteiger partial charge in [-0.15, -0.1) is 0 Å². The first kappa shape index (κ1) is 10.1. The molecule has 1 aromatic carbocycles. The van der Waals surface area contributed by atoms with Crippen molar-refractivity contribution < 1.29 is 4.74 Å². The predicted molar refractivity (Wildman–Crippen MR) is 63.5 cm³/mol. The second-order valence-electron chi connectivity index (χ2n) is 4.25. The summed E-state index contributed by atoms with van der Waals surface area (Å²) in [7, 11) is 0. The number of H-pyrrole nitrogens is 1. The lowest BCUT2D eigenvalue weighted by Crippen LogP contribution is -2.05. The number of aromatic nitrogens is 1. The lowest BCUT2D eigenvalue weighted by Gasteiger charge is -2.09. The maximum Gasteiger partial charge on any atom is 0.120 e. The van der Waals surface area contributed by atoms with Crippen LogP contribution in [-0.2, 0) is 0 Å². The highest BCUT2D eigenvalue weighted by Gasteiger charge is 2.05. The predicted octanol–water partition coefficient (Wildman–Crippen LogP) is 3.57. The normalized spacial score (nSPS) is 11.3. The summed E-state index contributed by atoms with van der Waals surface area (Å²) in [5, 5.41) is 1.26. The van der Waals surface area contributed by atoms with E-state index in [2.05, 4.69) is 31.0 Å². The molecule has 2 aromatic rings. The number of nitrogens with one attached hydrogen (secondary N) is 1. The molecule has 0 saturated carbocycles. The Kier molecular flexibility index (Phi) is 2.43. The van der Waals surface area contributed by atoms with Crippen molar-refractivity contribution in [3.05, 3.63) is 29.5 Å². The minimum absolute atomic E-state index is 0.225. The van der Waals surface area contributed by atoms with E-state index in [9.17, 15) is 0 Å². The van der Waals surface area contributed by atoms with Gasteiger partial charge in [0.2, 0.25) is 0 Å². The molecule has 0 bridgehead atoms. The molecule has 0 spiro atoms. The van der Waals surface area contributed by atoms with Crippen molar-refractivity contribution in [2.24, 2.45) is 0 Å². The van der Waals surface area contributed by atoms with E-state index in [1.165, 1.54) is 22.2 Å². The van der Waals surface area contributed by atoms with Crippen LogP contribution in [0.15, 0.2) is 18.2 Å². The van der Waals surface area contributed by atoms with Gasteiger partial charge in [-0.3, -0.25) is 0 Å². The zero-order valence-electron chi connectivity index (χ0n) is 9.72. The summed E-state index contributed by atoms with van der Waals surface area (Å²) >= 11 is 0. The molecule has 0 aliphatic heterocycles. The molecule has 0 atom stereocenters. The van der Waals surface area contributed by atoms with Gasteiger partial charge in [-0.25, -0.2) is 0 Å². The van der Waals surface area contributed by atoms with E-state index in [0.717, 1.165) is 5.75 Å². The molecule has 0 fully saturated rings. The molecule has 2 nitrogen and oxygen atoms in total. The maximum atomic E-state index is 5.67. The van der Waals surface area contributed by atoms with E-state index in [0.29, 0.717) is 0 Å². The van der Waals surface area contributed by atoms with Gasteiger partial charge in [0.1, 0.15) is 5.75 Å². The van der Waals surface area contributed by atoms with Crippen molar-refractivity contribution in [3.63, 3.8) is 0 Å². The van der Waals surface area contributed by atoms with Gasteiger partial charge in [-0.2, -0.15) is 0 Å². The van der Waals surface area contributed by atoms with Gasteiger partial charge in [0.25, 0.3) is 0 Å². The fraction of sp³-hybridized carbons (Fsp3) is 0.385. The van der Waals surface area contributed by atoms with Crippen LogP contribution in [0.4, 0.5) is 0 Å². The summed E-state index contributed by atoms with van der Waals surface area (Å²) < 4.78 is 5.67. The van der Waals surface area contributed by atoms with Crippen molar-refractivity contribution in [1.82, 2.24) is 4.98 Å². The zero-order chi connectivity index (χ0) is 11.0. The molecule has 15 heavy (non-hydrogen) atoms. The average Bonchev–Trinajstić information content (AvgIpc) is 2.43. The van der Waals surface area contributed by atoms with Gasteiger partial charge >= 0.3 is 0 Å². The van der Waals surface area contributed by atoms with Crippen molar-refractivity contribution >= 4 is 10.9 Å². The monoisotopic (exact) mass is 203 g/mol. The number of ether oxygens (including phenoxy) is 1. The molecule has 2 heteroatoms. The Morgan fingerprint density at radius 3 is 2.60 bits per heavy atom. The van der Waals surface area contributed by atoms with Crippen LogP contribution in [-0.4, -0.2) is 11.1 Å². The van der Waals surface area contributed by atoms with Crippen LogP contribution in [0.1, 0.15) is 25.1 Å². The Bertz CT molecular complexity index is 482. The molecule has 0 aliphatic carbocycles. The Labute approximate surface area is 90.3 Å². The van der Waals surface area contributed by atoms with Crippen molar-refractivity contribution in [1.29, 1.82) is 0 Å².